The molecule has 1 saturated heterocycles. The molecule has 0 aliphatic carbocycles. The lowest BCUT2D eigenvalue weighted by molar-refractivity contribution is 0.583. The van der Waals surface area contributed by atoms with E-state index in [0.29, 0.717) is 0 Å². The first kappa shape index (κ1) is 10.6. The van der Waals surface area contributed by atoms with Crippen LogP contribution in [-0.2, 0) is 7.05 Å². The predicted molar refractivity (Wildman–Crippen MR) is 62.8 cm³/mol. The van der Waals surface area contributed by atoms with Gasteiger partial charge in [-0.2, -0.15) is 0 Å². The fourth-order valence-corrected chi connectivity index (χ4v) is 2.22. The summed E-state index contributed by atoms with van der Waals surface area (Å²) in [7, 11) is 1.76. The molecule has 2 heterocycles. The van der Waals surface area contributed by atoms with Crippen LogP contribution in [0.5, 0.6) is 0 Å². The second-order valence-corrected chi connectivity index (χ2v) is 4.64. The smallest absolute Gasteiger partial charge is 0.252 e. The maximum Gasteiger partial charge on any atom is 0.252 e. The van der Waals surface area contributed by atoms with Crippen LogP contribution in [-0.4, -0.2) is 23.0 Å². The third-order valence-corrected chi connectivity index (χ3v) is 3.17. The Kier molecular flexibility index (Phi) is 3.00. The van der Waals surface area contributed by atoms with E-state index in [4.69, 9.17) is 11.6 Å². The van der Waals surface area contributed by atoms with E-state index in [1.165, 1.54) is 0 Å². The standard InChI is InChI=1S/C11H15ClN2O/c1-13-6-4-10(7-11(13)15)14-5-2-3-9(12)8-14/h4,6-7,9H,2-3,5,8H2,1H3. The van der Waals surface area contributed by atoms with Crippen LogP contribution in [0.2, 0.25) is 0 Å². The molecule has 4 heteroatoms. The third-order valence-electron chi connectivity index (χ3n) is 2.82. The van der Waals surface area contributed by atoms with E-state index >= 15 is 0 Å². The minimum Gasteiger partial charge on any atom is -0.370 e. The molecule has 82 valence electrons. The van der Waals surface area contributed by atoms with Crippen molar-refractivity contribution in [2.75, 3.05) is 18.0 Å². The molecule has 1 aromatic rings. The van der Waals surface area contributed by atoms with Crippen molar-refractivity contribution in [3.05, 3.63) is 28.7 Å². The molecule has 3 nitrogen and oxygen atoms in total. The Morgan fingerprint density at radius 3 is 3.00 bits per heavy atom. The van der Waals surface area contributed by atoms with Crippen molar-refractivity contribution < 1.29 is 0 Å². The van der Waals surface area contributed by atoms with Gasteiger partial charge in [-0.15, -0.1) is 11.6 Å². The minimum atomic E-state index is 0.0317. The van der Waals surface area contributed by atoms with Crippen LogP contribution in [0.3, 0.4) is 0 Å². The summed E-state index contributed by atoms with van der Waals surface area (Å²) in [5.41, 5.74) is 1.02. The average molecular weight is 227 g/mol. The maximum absolute atomic E-state index is 11.5. The summed E-state index contributed by atoms with van der Waals surface area (Å²) in [6.07, 6.45) is 3.97. The van der Waals surface area contributed by atoms with Gasteiger partial charge >= 0.3 is 0 Å². The highest BCUT2D eigenvalue weighted by Crippen LogP contribution is 2.20. The van der Waals surface area contributed by atoms with E-state index in [1.54, 1.807) is 23.9 Å². The summed E-state index contributed by atoms with van der Waals surface area (Å²) in [5, 5.41) is 0.211. The predicted octanol–water partition coefficient (Wildman–Crippen LogP) is 1.59. The number of rotatable bonds is 1. The number of aryl methyl sites for hydroxylation is 1. The number of pyridine rings is 1. The summed E-state index contributed by atoms with van der Waals surface area (Å²) < 4.78 is 1.58. The Morgan fingerprint density at radius 1 is 1.53 bits per heavy atom. The van der Waals surface area contributed by atoms with Crippen molar-refractivity contribution in [1.29, 1.82) is 0 Å². The number of nitrogens with zero attached hydrogens (tertiary/aromatic N) is 2. The highest BCUT2D eigenvalue weighted by atomic mass is 35.5. The Morgan fingerprint density at radius 2 is 2.33 bits per heavy atom. The summed E-state index contributed by atoms with van der Waals surface area (Å²) in [4.78, 5) is 13.7. The molecule has 0 bridgehead atoms. The Labute approximate surface area is 94.3 Å². The minimum absolute atomic E-state index is 0.0317. The molecule has 0 amide bonds. The van der Waals surface area contributed by atoms with Gasteiger partial charge in [-0.05, 0) is 18.9 Å². The molecular formula is C11H15ClN2O. The SMILES string of the molecule is Cn1ccc(N2CCCC(Cl)C2)cc1=O. The first-order valence-electron chi connectivity index (χ1n) is 5.22. The van der Waals surface area contributed by atoms with E-state index < -0.39 is 0 Å². The first-order chi connectivity index (χ1) is 7.16. The van der Waals surface area contributed by atoms with Gasteiger partial charge in [0.25, 0.3) is 5.56 Å². The van der Waals surface area contributed by atoms with Gasteiger partial charge in [-0.25, -0.2) is 0 Å². The van der Waals surface area contributed by atoms with Gasteiger partial charge in [-0.1, -0.05) is 0 Å². The lowest BCUT2D eigenvalue weighted by atomic mass is 10.1. The number of aromatic nitrogens is 1. The Hall–Kier alpha value is -0.960. The lowest BCUT2D eigenvalue weighted by Gasteiger charge is -2.31. The van der Waals surface area contributed by atoms with Crippen molar-refractivity contribution in [3.8, 4) is 0 Å². The molecule has 15 heavy (non-hydrogen) atoms. The summed E-state index contributed by atoms with van der Waals surface area (Å²) in [6.45, 7) is 1.84. The van der Waals surface area contributed by atoms with Gasteiger partial charge in [0.15, 0.2) is 0 Å². The molecule has 1 aliphatic heterocycles. The van der Waals surface area contributed by atoms with Crippen LogP contribution in [0, 0.1) is 0 Å². The van der Waals surface area contributed by atoms with Crippen molar-refractivity contribution in [1.82, 2.24) is 4.57 Å². The molecule has 1 aliphatic rings. The zero-order valence-electron chi connectivity index (χ0n) is 8.82. The molecule has 0 aromatic carbocycles. The van der Waals surface area contributed by atoms with Crippen LogP contribution in [0.1, 0.15) is 12.8 Å². The van der Waals surface area contributed by atoms with Crippen LogP contribution in [0.25, 0.3) is 0 Å². The van der Waals surface area contributed by atoms with Crippen LogP contribution in [0.4, 0.5) is 5.69 Å². The average Bonchev–Trinajstić information content (AvgIpc) is 2.22. The van der Waals surface area contributed by atoms with Crippen LogP contribution < -0.4 is 10.5 Å². The molecule has 1 aromatic heterocycles. The Balaban J connectivity index is 2.21. The molecule has 1 fully saturated rings. The maximum atomic E-state index is 11.5. The van der Waals surface area contributed by atoms with E-state index in [0.717, 1.165) is 31.6 Å². The summed E-state index contributed by atoms with van der Waals surface area (Å²) >= 11 is 6.11. The lowest BCUT2D eigenvalue weighted by Crippen LogP contribution is -2.36. The van der Waals surface area contributed by atoms with Gasteiger partial charge in [0, 0.05) is 38.1 Å². The van der Waals surface area contributed by atoms with Gasteiger partial charge in [0.1, 0.15) is 0 Å². The molecule has 1 atom stereocenters. The van der Waals surface area contributed by atoms with Gasteiger partial charge in [-0.3, -0.25) is 4.79 Å². The second-order valence-electron chi connectivity index (χ2n) is 4.02. The van der Waals surface area contributed by atoms with Crippen molar-refractivity contribution >= 4 is 17.3 Å². The van der Waals surface area contributed by atoms with Crippen LogP contribution in [0.15, 0.2) is 23.1 Å². The normalized spacial score (nSPS) is 21.7. The highest BCUT2D eigenvalue weighted by Gasteiger charge is 2.18. The monoisotopic (exact) mass is 226 g/mol. The van der Waals surface area contributed by atoms with E-state index in [2.05, 4.69) is 4.90 Å². The molecule has 0 saturated carbocycles. The zero-order valence-corrected chi connectivity index (χ0v) is 9.57. The molecule has 0 N–H and O–H groups in total. The second kappa shape index (κ2) is 4.27. The fraction of sp³-hybridized carbons (Fsp3) is 0.545. The van der Waals surface area contributed by atoms with E-state index in [-0.39, 0.29) is 10.9 Å². The highest BCUT2D eigenvalue weighted by molar-refractivity contribution is 6.21. The number of alkyl halides is 1. The molecule has 0 radical (unpaired) electrons. The van der Waals surface area contributed by atoms with Crippen molar-refractivity contribution in [2.24, 2.45) is 7.05 Å². The molecule has 2 rings (SSSR count). The fourth-order valence-electron chi connectivity index (χ4n) is 1.89. The number of hydrogen-bond donors (Lipinski definition) is 0. The molecular weight excluding hydrogens is 212 g/mol. The quantitative estimate of drug-likeness (QED) is 0.680. The first-order valence-corrected chi connectivity index (χ1v) is 5.66. The number of halogens is 1. The van der Waals surface area contributed by atoms with Gasteiger partial charge in [0.05, 0.1) is 5.38 Å². The summed E-state index contributed by atoms with van der Waals surface area (Å²) in [5.74, 6) is 0. The molecule has 1 unspecified atom stereocenters. The number of hydrogen-bond acceptors (Lipinski definition) is 2. The molecule has 0 spiro atoms. The van der Waals surface area contributed by atoms with E-state index in [1.807, 2.05) is 6.07 Å². The van der Waals surface area contributed by atoms with Crippen molar-refractivity contribution in [3.63, 3.8) is 0 Å². The van der Waals surface area contributed by atoms with E-state index in [9.17, 15) is 4.79 Å². The van der Waals surface area contributed by atoms with Gasteiger partial charge in [0.2, 0.25) is 0 Å². The number of piperidine rings is 1. The topological polar surface area (TPSA) is 25.2 Å². The zero-order chi connectivity index (χ0) is 10.8. The number of anilines is 1. The Bertz CT molecular complexity index is 402. The van der Waals surface area contributed by atoms with Crippen molar-refractivity contribution in [2.45, 2.75) is 18.2 Å². The largest absolute Gasteiger partial charge is 0.370 e. The third kappa shape index (κ3) is 2.34. The van der Waals surface area contributed by atoms with Gasteiger partial charge < -0.3 is 9.47 Å². The summed E-state index contributed by atoms with van der Waals surface area (Å²) in [6, 6.07) is 3.64. The van der Waals surface area contributed by atoms with Crippen LogP contribution >= 0.6 is 11.6 Å².